The van der Waals surface area contributed by atoms with Gasteiger partial charge in [-0.1, -0.05) is 18.2 Å². The quantitative estimate of drug-likeness (QED) is 0.519. The molecule has 34 heavy (non-hydrogen) atoms. The second-order valence-electron chi connectivity index (χ2n) is 8.18. The van der Waals surface area contributed by atoms with E-state index in [1.54, 1.807) is 24.3 Å². The molecular formula is C27H26FN3O3. The van der Waals surface area contributed by atoms with Crippen LogP contribution in [-0.2, 0) is 9.53 Å². The lowest BCUT2D eigenvalue weighted by molar-refractivity contribution is -0.110. The third kappa shape index (κ3) is 4.34. The van der Waals surface area contributed by atoms with Crippen molar-refractivity contribution in [3.05, 3.63) is 78.1 Å². The molecule has 1 amide bonds. The van der Waals surface area contributed by atoms with Crippen LogP contribution in [0.3, 0.4) is 0 Å². The highest BCUT2D eigenvalue weighted by molar-refractivity contribution is 6.31. The zero-order valence-corrected chi connectivity index (χ0v) is 18.9. The number of halogens is 1. The minimum Gasteiger partial charge on any atom is -0.496 e. The Hall–Kier alpha value is -3.84. The number of anilines is 3. The molecule has 0 aliphatic carbocycles. The molecule has 3 aromatic carbocycles. The van der Waals surface area contributed by atoms with E-state index in [0.29, 0.717) is 34.7 Å². The molecule has 0 unspecified atom stereocenters. The van der Waals surface area contributed by atoms with Gasteiger partial charge in [-0.25, -0.2) is 4.39 Å². The summed E-state index contributed by atoms with van der Waals surface area (Å²) in [7, 11) is 1.52. The zero-order chi connectivity index (χ0) is 23.5. The molecule has 0 radical (unpaired) electrons. The average Bonchev–Trinajstić information content (AvgIpc) is 3.19. The first kappa shape index (κ1) is 22.0. The van der Waals surface area contributed by atoms with Crippen LogP contribution in [0.15, 0.2) is 66.7 Å². The summed E-state index contributed by atoms with van der Waals surface area (Å²) in [5.41, 5.74) is 5.20. The van der Waals surface area contributed by atoms with E-state index in [9.17, 15) is 9.18 Å². The Morgan fingerprint density at radius 2 is 1.91 bits per heavy atom. The van der Waals surface area contributed by atoms with Crippen LogP contribution in [0, 0.1) is 5.82 Å². The molecule has 1 fully saturated rings. The van der Waals surface area contributed by atoms with Gasteiger partial charge in [0.2, 0.25) is 0 Å². The van der Waals surface area contributed by atoms with Crippen molar-refractivity contribution < 1.29 is 18.7 Å². The summed E-state index contributed by atoms with van der Waals surface area (Å²) in [6.07, 6.45) is 1.86. The highest BCUT2D eigenvalue weighted by Gasteiger charge is 2.25. The molecule has 5 rings (SSSR count). The van der Waals surface area contributed by atoms with Gasteiger partial charge in [0, 0.05) is 47.8 Å². The SMILES string of the molecule is COc1cccc(F)c1-c1ccc2c(c1)/C(=C/CNc1ccc(N3CCOCC3)cc1)C(=O)N2. The fourth-order valence-electron chi connectivity index (χ4n) is 4.38. The predicted molar refractivity (Wildman–Crippen MR) is 133 cm³/mol. The lowest BCUT2D eigenvalue weighted by atomic mass is 9.98. The number of nitrogens with zero attached hydrogens (tertiary/aromatic N) is 1. The number of hydrogen-bond acceptors (Lipinski definition) is 5. The monoisotopic (exact) mass is 459 g/mol. The number of methoxy groups -OCH3 is 1. The summed E-state index contributed by atoms with van der Waals surface area (Å²) in [5.74, 6) is -0.0913. The fourth-order valence-corrected chi connectivity index (χ4v) is 4.38. The number of benzene rings is 3. The van der Waals surface area contributed by atoms with Gasteiger partial charge in [0.05, 0.1) is 25.9 Å². The van der Waals surface area contributed by atoms with Gasteiger partial charge in [-0.2, -0.15) is 0 Å². The van der Waals surface area contributed by atoms with Gasteiger partial charge in [0.1, 0.15) is 11.6 Å². The molecule has 1 saturated heterocycles. The number of carbonyl (C=O) groups excluding carboxylic acids is 1. The van der Waals surface area contributed by atoms with Crippen molar-refractivity contribution in [2.75, 3.05) is 55.5 Å². The maximum absolute atomic E-state index is 14.6. The summed E-state index contributed by atoms with van der Waals surface area (Å²) in [6, 6.07) is 18.4. The van der Waals surface area contributed by atoms with Crippen LogP contribution < -0.4 is 20.3 Å². The Labute approximate surface area is 198 Å². The van der Waals surface area contributed by atoms with Gasteiger partial charge in [0.25, 0.3) is 5.91 Å². The summed E-state index contributed by atoms with van der Waals surface area (Å²) in [5, 5.41) is 6.23. The molecule has 0 aromatic heterocycles. The smallest absolute Gasteiger partial charge is 0.256 e. The van der Waals surface area contributed by atoms with E-state index < -0.39 is 0 Å². The molecule has 7 heteroatoms. The summed E-state index contributed by atoms with van der Waals surface area (Å²) in [6.45, 7) is 3.78. The maximum Gasteiger partial charge on any atom is 0.256 e. The fraction of sp³-hybridized carbons (Fsp3) is 0.222. The number of rotatable bonds is 6. The van der Waals surface area contributed by atoms with Crippen LogP contribution in [0.4, 0.5) is 21.5 Å². The number of amides is 1. The Kier molecular flexibility index (Phi) is 6.18. The number of carbonyl (C=O) groups is 1. The highest BCUT2D eigenvalue weighted by Crippen LogP contribution is 2.39. The topological polar surface area (TPSA) is 62.8 Å². The molecule has 0 saturated carbocycles. The van der Waals surface area contributed by atoms with Crippen molar-refractivity contribution in [2.24, 2.45) is 0 Å². The molecule has 0 spiro atoms. The molecule has 174 valence electrons. The molecular weight excluding hydrogens is 433 g/mol. The van der Waals surface area contributed by atoms with E-state index in [1.165, 1.54) is 18.9 Å². The van der Waals surface area contributed by atoms with E-state index in [-0.39, 0.29) is 11.7 Å². The maximum atomic E-state index is 14.6. The largest absolute Gasteiger partial charge is 0.496 e. The van der Waals surface area contributed by atoms with Crippen LogP contribution in [0.1, 0.15) is 5.56 Å². The molecule has 2 aliphatic rings. The first-order chi connectivity index (χ1) is 16.6. The number of fused-ring (bicyclic) bond motifs is 1. The molecule has 2 aliphatic heterocycles. The number of nitrogens with one attached hydrogen (secondary N) is 2. The number of hydrogen-bond donors (Lipinski definition) is 2. The van der Waals surface area contributed by atoms with Gasteiger partial charge < -0.3 is 25.0 Å². The van der Waals surface area contributed by atoms with Gasteiger partial charge in [-0.15, -0.1) is 0 Å². The summed E-state index contributed by atoms with van der Waals surface area (Å²) < 4.78 is 25.4. The molecule has 2 N–H and O–H groups in total. The molecule has 3 aromatic rings. The normalized spacial score (nSPS) is 16.4. The van der Waals surface area contributed by atoms with Gasteiger partial charge >= 0.3 is 0 Å². The summed E-state index contributed by atoms with van der Waals surface area (Å²) in [4.78, 5) is 14.9. The van der Waals surface area contributed by atoms with Gasteiger partial charge in [-0.05, 0) is 54.1 Å². The van der Waals surface area contributed by atoms with Gasteiger partial charge in [0.15, 0.2) is 0 Å². The molecule has 2 heterocycles. The number of ether oxygens (including phenoxy) is 2. The second-order valence-corrected chi connectivity index (χ2v) is 8.18. The first-order valence-corrected chi connectivity index (χ1v) is 11.3. The van der Waals surface area contributed by atoms with Crippen molar-refractivity contribution in [3.8, 4) is 16.9 Å². The standard InChI is InChI=1S/C27H26FN3O3/c1-33-25-4-2-3-23(28)26(25)18-5-10-24-22(17-18)21(27(32)30-24)11-12-29-19-6-8-20(9-7-19)31-13-15-34-16-14-31/h2-11,17,29H,12-16H2,1H3,(H,30,32)/b21-11-. The third-order valence-electron chi connectivity index (χ3n) is 6.14. The van der Waals surface area contributed by atoms with Crippen molar-refractivity contribution in [2.45, 2.75) is 0 Å². The first-order valence-electron chi connectivity index (χ1n) is 11.3. The Bertz CT molecular complexity index is 1230. The minimum atomic E-state index is -0.371. The highest BCUT2D eigenvalue weighted by atomic mass is 19.1. The van der Waals surface area contributed by atoms with Gasteiger partial charge in [-0.3, -0.25) is 4.79 Å². The van der Waals surface area contributed by atoms with E-state index in [1.807, 2.05) is 24.3 Å². The van der Waals surface area contributed by atoms with E-state index >= 15 is 0 Å². The van der Waals surface area contributed by atoms with Crippen molar-refractivity contribution in [1.29, 1.82) is 0 Å². The van der Waals surface area contributed by atoms with Crippen LogP contribution >= 0.6 is 0 Å². The third-order valence-corrected chi connectivity index (χ3v) is 6.14. The van der Waals surface area contributed by atoms with E-state index in [4.69, 9.17) is 9.47 Å². The lowest BCUT2D eigenvalue weighted by Gasteiger charge is -2.28. The minimum absolute atomic E-state index is 0.169. The van der Waals surface area contributed by atoms with E-state index in [0.717, 1.165) is 37.6 Å². The molecule has 0 atom stereocenters. The Morgan fingerprint density at radius 3 is 2.68 bits per heavy atom. The van der Waals surface area contributed by atoms with Crippen LogP contribution in [0.25, 0.3) is 16.7 Å². The molecule has 6 nitrogen and oxygen atoms in total. The van der Waals surface area contributed by atoms with Crippen molar-refractivity contribution >= 4 is 28.5 Å². The predicted octanol–water partition coefficient (Wildman–Crippen LogP) is 4.79. The number of morpholine rings is 1. The Morgan fingerprint density at radius 1 is 1.12 bits per heavy atom. The lowest BCUT2D eigenvalue weighted by Crippen LogP contribution is -2.36. The second kappa shape index (κ2) is 9.57. The molecule has 0 bridgehead atoms. The van der Waals surface area contributed by atoms with Crippen LogP contribution in [0.5, 0.6) is 5.75 Å². The average molecular weight is 460 g/mol. The van der Waals surface area contributed by atoms with Crippen molar-refractivity contribution in [3.63, 3.8) is 0 Å². The Balaban J connectivity index is 1.33. The van der Waals surface area contributed by atoms with Crippen molar-refractivity contribution in [1.82, 2.24) is 0 Å². The zero-order valence-electron chi connectivity index (χ0n) is 18.9. The van der Waals surface area contributed by atoms with E-state index in [2.05, 4.69) is 27.7 Å². The van der Waals surface area contributed by atoms with Crippen LogP contribution in [-0.4, -0.2) is 45.9 Å². The van der Waals surface area contributed by atoms with Crippen LogP contribution in [0.2, 0.25) is 0 Å². The summed E-state index contributed by atoms with van der Waals surface area (Å²) >= 11 is 0.